The molecular formula is C12H23N5O. The molecule has 1 heterocycles. The molecule has 6 heteroatoms. The molecule has 0 bridgehead atoms. The van der Waals surface area contributed by atoms with E-state index in [9.17, 15) is 4.79 Å². The van der Waals surface area contributed by atoms with Crippen LogP contribution in [0.2, 0.25) is 0 Å². The molecule has 102 valence electrons. The Labute approximate surface area is 108 Å². The molecule has 0 aliphatic heterocycles. The van der Waals surface area contributed by atoms with Crippen molar-refractivity contribution in [2.75, 3.05) is 25.5 Å². The number of aromatic nitrogens is 2. The molecule has 0 saturated carbocycles. The van der Waals surface area contributed by atoms with Crippen LogP contribution in [0.3, 0.4) is 0 Å². The summed E-state index contributed by atoms with van der Waals surface area (Å²) >= 11 is 0. The minimum Gasteiger partial charge on any atom is -0.359 e. The Morgan fingerprint density at radius 2 is 2.22 bits per heavy atom. The van der Waals surface area contributed by atoms with Gasteiger partial charge in [0.25, 0.3) is 0 Å². The van der Waals surface area contributed by atoms with Crippen LogP contribution < -0.4 is 16.0 Å². The van der Waals surface area contributed by atoms with Crippen molar-refractivity contribution in [3.8, 4) is 0 Å². The van der Waals surface area contributed by atoms with Crippen LogP contribution in [0.15, 0.2) is 0 Å². The Morgan fingerprint density at radius 3 is 2.72 bits per heavy atom. The normalized spacial score (nSPS) is 12.3. The van der Waals surface area contributed by atoms with Crippen molar-refractivity contribution >= 4 is 11.7 Å². The molecule has 1 unspecified atom stereocenters. The Hall–Kier alpha value is -1.56. The average Bonchev–Trinajstić information content (AvgIpc) is 2.61. The van der Waals surface area contributed by atoms with E-state index < -0.39 is 0 Å². The predicted octanol–water partition coefficient (Wildman–Crippen LogP) is 0.00552. The lowest BCUT2D eigenvalue weighted by molar-refractivity contribution is -0.123. The van der Waals surface area contributed by atoms with Crippen molar-refractivity contribution < 1.29 is 4.79 Å². The first kappa shape index (κ1) is 14.5. The minimum atomic E-state index is -0.0826. The molecule has 6 nitrogen and oxygen atoms in total. The standard InChI is InChI=1S/C12H23N5O/c1-8(11(18)14-3)7-16(4)12-10(6-13)9(2)15-17(12)5/h8H,6-7,13H2,1-5H3,(H,14,18). The number of amides is 1. The summed E-state index contributed by atoms with van der Waals surface area (Å²) in [6.45, 7) is 4.93. The van der Waals surface area contributed by atoms with E-state index in [0.29, 0.717) is 13.1 Å². The number of anilines is 1. The van der Waals surface area contributed by atoms with Gasteiger partial charge in [-0.3, -0.25) is 9.48 Å². The third-order valence-electron chi connectivity index (χ3n) is 3.12. The van der Waals surface area contributed by atoms with Crippen LogP contribution in [0, 0.1) is 12.8 Å². The SMILES string of the molecule is CNC(=O)C(C)CN(C)c1c(CN)c(C)nn1C. The number of aryl methyl sites for hydroxylation is 2. The van der Waals surface area contributed by atoms with Gasteiger partial charge in [-0.1, -0.05) is 6.92 Å². The molecule has 0 radical (unpaired) electrons. The van der Waals surface area contributed by atoms with Crippen molar-refractivity contribution in [2.45, 2.75) is 20.4 Å². The van der Waals surface area contributed by atoms with Gasteiger partial charge in [-0.25, -0.2) is 0 Å². The van der Waals surface area contributed by atoms with Gasteiger partial charge in [0.2, 0.25) is 5.91 Å². The van der Waals surface area contributed by atoms with E-state index >= 15 is 0 Å². The largest absolute Gasteiger partial charge is 0.359 e. The lowest BCUT2D eigenvalue weighted by Crippen LogP contribution is -2.35. The van der Waals surface area contributed by atoms with E-state index in [4.69, 9.17) is 5.73 Å². The quantitative estimate of drug-likeness (QED) is 0.775. The summed E-state index contributed by atoms with van der Waals surface area (Å²) in [5, 5.41) is 7.03. The minimum absolute atomic E-state index is 0.0371. The molecule has 0 aliphatic rings. The van der Waals surface area contributed by atoms with E-state index in [-0.39, 0.29) is 11.8 Å². The molecule has 1 amide bonds. The maximum Gasteiger partial charge on any atom is 0.224 e. The smallest absolute Gasteiger partial charge is 0.224 e. The summed E-state index contributed by atoms with van der Waals surface area (Å²) in [6.07, 6.45) is 0. The fraction of sp³-hybridized carbons (Fsp3) is 0.667. The number of hydrogen-bond donors (Lipinski definition) is 2. The summed E-state index contributed by atoms with van der Waals surface area (Å²) in [7, 11) is 5.50. The van der Waals surface area contributed by atoms with Crippen LogP contribution in [0.1, 0.15) is 18.2 Å². The summed E-state index contributed by atoms with van der Waals surface area (Å²) in [4.78, 5) is 13.6. The molecule has 0 aliphatic carbocycles. The zero-order valence-corrected chi connectivity index (χ0v) is 11.8. The van der Waals surface area contributed by atoms with Crippen molar-refractivity contribution in [3.63, 3.8) is 0 Å². The van der Waals surface area contributed by atoms with Crippen molar-refractivity contribution in [1.82, 2.24) is 15.1 Å². The predicted molar refractivity (Wildman–Crippen MR) is 72.3 cm³/mol. The molecular weight excluding hydrogens is 230 g/mol. The van der Waals surface area contributed by atoms with Crippen LogP contribution >= 0.6 is 0 Å². The molecule has 3 N–H and O–H groups in total. The highest BCUT2D eigenvalue weighted by atomic mass is 16.1. The Morgan fingerprint density at radius 1 is 1.61 bits per heavy atom. The van der Waals surface area contributed by atoms with Gasteiger partial charge in [-0.15, -0.1) is 0 Å². The topological polar surface area (TPSA) is 76.2 Å². The van der Waals surface area contributed by atoms with Crippen molar-refractivity contribution in [3.05, 3.63) is 11.3 Å². The lowest BCUT2D eigenvalue weighted by Gasteiger charge is -2.23. The fourth-order valence-corrected chi connectivity index (χ4v) is 2.23. The summed E-state index contributed by atoms with van der Waals surface area (Å²) in [6, 6.07) is 0. The number of nitrogens with two attached hydrogens (primary N) is 1. The van der Waals surface area contributed by atoms with E-state index in [1.807, 2.05) is 37.5 Å². The monoisotopic (exact) mass is 253 g/mol. The Kier molecular flexibility index (Phi) is 4.72. The Balaban J connectivity index is 2.90. The molecule has 18 heavy (non-hydrogen) atoms. The third-order valence-corrected chi connectivity index (χ3v) is 3.12. The number of carbonyl (C=O) groups excluding carboxylic acids is 1. The molecule has 0 aromatic carbocycles. The van der Waals surface area contributed by atoms with Crippen molar-refractivity contribution in [2.24, 2.45) is 18.7 Å². The first-order chi connectivity index (χ1) is 8.42. The zero-order valence-electron chi connectivity index (χ0n) is 11.8. The second kappa shape index (κ2) is 5.86. The van der Waals surface area contributed by atoms with Crippen LogP contribution in [0.5, 0.6) is 0 Å². The van der Waals surface area contributed by atoms with Crippen LogP contribution in [-0.4, -0.2) is 36.3 Å². The van der Waals surface area contributed by atoms with E-state index in [0.717, 1.165) is 17.1 Å². The molecule has 0 saturated heterocycles. The van der Waals surface area contributed by atoms with Gasteiger partial charge in [-0.2, -0.15) is 5.10 Å². The number of nitrogens with zero attached hydrogens (tertiary/aromatic N) is 3. The summed E-state index contributed by atoms with van der Waals surface area (Å²) in [5.74, 6) is 0.932. The van der Waals surface area contributed by atoms with Gasteiger partial charge < -0.3 is 16.0 Å². The molecule has 1 aromatic heterocycles. The van der Waals surface area contributed by atoms with Crippen molar-refractivity contribution in [1.29, 1.82) is 0 Å². The number of rotatable bonds is 5. The third kappa shape index (κ3) is 2.81. The molecule has 1 aromatic rings. The summed E-state index contributed by atoms with van der Waals surface area (Å²) < 4.78 is 1.81. The van der Waals surface area contributed by atoms with Gasteiger partial charge in [0.1, 0.15) is 5.82 Å². The highest BCUT2D eigenvalue weighted by Gasteiger charge is 2.19. The van der Waals surface area contributed by atoms with Gasteiger partial charge in [0, 0.05) is 39.8 Å². The summed E-state index contributed by atoms with van der Waals surface area (Å²) in [5.41, 5.74) is 7.73. The van der Waals surface area contributed by atoms with E-state index in [1.165, 1.54) is 0 Å². The van der Waals surface area contributed by atoms with Gasteiger partial charge in [-0.05, 0) is 6.92 Å². The molecule has 0 fully saturated rings. The first-order valence-electron chi connectivity index (χ1n) is 6.07. The first-order valence-corrected chi connectivity index (χ1v) is 6.07. The van der Waals surface area contributed by atoms with Crippen LogP contribution in [0.4, 0.5) is 5.82 Å². The number of hydrogen-bond acceptors (Lipinski definition) is 4. The lowest BCUT2D eigenvalue weighted by atomic mass is 10.1. The maximum atomic E-state index is 11.5. The van der Waals surface area contributed by atoms with Crippen LogP contribution in [-0.2, 0) is 18.4 Å². The van der Waals surface area contributed by atoms with Gasteiger partial charge in [0.05, 0.1) is 11.6 Å². The second-order valence-electron chi connectivity index (χ2n) is 4.61. The number of carbonyl (C=O) groups is 1. The van der Waals surface area contributed by atoms with Gasteiger partial charge >= 0.3 is 0 Å². The highest BCUT2D eigenvalue weighted by molar-refractivity contribution is 5.78. The zero-order chi connectivity index (χ0) is 13.9. The molecule has 0 spiro atoms. The molecule has 1 atom stereocenters. The Bertz CT molecular complexity index is 426. The maximum absolute atomic E-state index is 11.5. The second-order valence-corrected chi connectivity index (χ2v) is 4.61. The van der Waals surface area contributed by atoms with Crippen LogP contribution in [0.25, 0.3) is 0 Å². The number of nitrogens with one attached hydrogen (secondary N) is 1. The van der Waals surface area contributed by atoms with E-state index in [2.05, 4.69) is 10.4 Å². The van der Waals surface area contributed by atoms with Gasteiger partial charge in [0.15, 0.2) is 0 Å². The highest BCUT2D eigenvalue weighted by Crippen LogP contribution is 2.22. The average molecular weight is 253 g/mol. The fourth-order valence-electron chi connectivity index (χ4n) is 2.23. The molecule has 1 rings (SSSR count). The van der Waals surface area contributed by atoms with E-state index in [1.54, 1.807) is 7.05 Å².